The van der Waals surface area contributed by atoms with Gasteiger partial charge in [-0.3, -0.25) is 0 Å². The number of ether oxygens (including phenoxy) is 1. The summed E-state index contributed by atoms with van der Waals surface area (Å²) in [7, 11) is 0. The molecule has 1 aromatic rings. The third kappa shape index (κ3) is 4.32. The highest BCUT2D eigenvalue weighted by Gasteiger charge is 2.08. The smallest absolute Gasteiger partial charge is 0.115 e. The first kappa shape index (κ1) is 12.0. The summed E-state index contributed by atoms with van der Waals surface area (Å²) in [4.78, 5) is 0. The zero-order chi connectivity index (χ0) is 11.1. The first-order chi connectivity index (χ1) is 7.26. The Balaban J connectivity index is 2.53. The molecule has 2 N–H and O–H groups in total. The Morgan fingerprint density at radius 3 is 2.47 bits per heavy atom. The van der Waals surface area contributed by atoms with Crippen LogP contribution in [-0.4, -0.2) is 29.5 Å². The van der Waals surface area contributed by atoms with Crippen LogP contribution in [0.2, 0.25) is 0 Å². The molecular weight excluding hydrogens is 192 g/mol. The summed E-state index contributed by atoms with van der Waals surface area (Å²) < 4.78 is 5.49. The minimum Gasteiger partial charge on any atom is -0.508 e. The molecule has 1 aromatic carbocycles. The Labute approximate surface area is 90.3 Å². The van der Waals surface area contributed by atoms with Gasteiger partial charge in [-0.15, -0.1) is 0 Å². The molecule has 0 radical (unpaired) electrons. The van der Waals surface area contributed by atoms with Gasteiger partial charge in [0.25, 0.3) is 0 Å². The standard InChI is InChI=1S/C12H18O3/c1-2-15-12(7-8-13)9-10-3-5-11(14)6-4-10/h3-6,12-14H,2,7-9H2,1H3. The van der Waals surface area contributed by atoms with Gasteiger partial charge in [0.2, 0.25) is 0 Å². The number of benzene rings is 1. The van der Waals surface area contributed by atoms with Gasteiger partial charge in [0.1, 0.15) is 5.75 Å². The number of hydrogen-bond donors (Lipinski definition) is 2. The zero-order valence-electron chi connectivity index (χ0n) is 9.02. The fourth-order valence-corrected chi connectivity index (χ4v) is 1.52. The first-order valence-electron chi connectivity index (χ1n) is 5.26. The fraction of sp³-hybridized carbons (Fsp3) is 0.500. The van der Waals surface area contributed by atoms with Crippen LogP contribution < -0.4 is 0 Å². The van der Waals surface area contributed by atoms with E-state index in [9.17, 15) is 0 Å². The number of aliphatic hydroxyl groups is 1. The van der Waals surface area contributed by atoms with Crippen molar-refractivity contribution in [3.05, 3.63) is 29.8 Å². The van der Waals surface area contributed by atoms with Crippen LogP contribution in [0, 0.1) is 0 Å². The number of aliphatic hydroxyl groups excluding tert-OH is 1. The van der Waals surface area contributed by atoms with Gasteiger partial charge in [-0.25, -0.2) is 0 Å². The lowest BCUT2D eigenvalue weighted by atomic mass is 10.1. The van der Waals surface area contributed by atoms with Crippen LogP contribution in [0.5, 0.6) is 5.75 Å². The van der Waals surface area contributed by atoms with Gasteiger partial charge in [0, 0.05) is 13.2 Å². The van der Waals surface area contributed by atoms with Crippen molar-refractivity contribution in [3.8, 4) is 5.75 Å². The highest BCUT2D eigenvalue weighted by Crippen LogP contribution is 2.13. The summed E-state index contributed by atoms with van der Waals surface area (Å²) in [5, 5.41) is 18.0. The van der Waals surface area contributed by atoms with Crippen molar-refractivity contribution < 1.29 is 14.9 Å². The molecule has 0 heterocycles. The van der Waals surface area contributed by atoms with E-state index in [4.69, 9.17) is 14.9 Å². The Morgan fingerprint density at radius 2 is 1.93 bits per heavy atom. The summed E-state index contributed by atoms with van der Waals surface area (Å²) in [5.41, 5.74) is 1.11. The van der Waals surface area contributed by atoms with Crippen LogP contribution in [0.25, 0.3) is 0 Å². The quantitative estimate of drug-likeness (QED) is 0.751. The van der Waals surface area contributed by atoms with Crippen molar-refractivity contribution in [1.29, 1.82) is 0 Å². The van der Waals surface area contributed by atoms with E-state index in [0.29, 0.717) is 13.0 Å². The number of rotatable bonds is 6. The third-order valence-corrected chi connectivity index (χ3v) is 2.25. The van der Waals surface area contributed by atoms with Crippen LogP contribution in [-0.2, 0) is 11.2 Å². The Morgan fingerprint density at radius 1 is 1.27 bits per heavy atom. The number of phenolic OH excluding ortho intramolecular Hbond substituents is 1. The van der Waals surface area contributed by atoms with Crippen LogP contribution >= 0.6 is 0 Å². The van der Waals surface area contributed by atoms with Crippen molar-refractivity contribution in [2.75, 3.05) is 13.2 Å². The molecular formula is C12H18O3. The molecule has 0 fully saturated rings. The van der Waals surface area contributed by atoms with E-state index in [1.165, 1.54) is 0 Å². The predicted molar refractivity (Wildman–Crippen MR) is 58.9 cm³/mol. The second-order valence-electron chi connectivity index (χ2n) is 3.46. The van der Waals surface area contributed by atoms with Gasteiger partial charge in [0.05, 0.1) is 6.10 Å². The second kappa shape index (κ2) is 6.43. The Bertz CT molecular complexity index is 263. The van der Waals surface area contributed by atoms with Gasteiger partial charge in [0.15, 0.2) is 0 Å². The molecule has 3 nitrogen and oxygen atoms in total. The lowest BCUT2D eigenvalue weighted by molar-refractivity contribution is 0.0444. The summed E-state index contributed by atoms with van der Waals surface area (Å²) in [6.45, 7) is 2.74. The van der Waals surface area contributed by atoms with E-state index in [1.54, 1.807) is 12.1 Å². The van der Waals surface area contributed by atoms with Gasteiger partial charge in [-0.05, 0) is 37.5 Å². The summed E-state index contributed by atoms with van der Waals surface area (Å²) in [5.74, 6) is 0.272. The first-order valence-corrected chi connectivity index (χ1v) is 5.26. The molecule has 0 aromatic heterocycles. The molecule has 0 amide bonds. The molecule has 0 aliphatic carbocycles. The maximum Gasteiger partial charge on any atom is 0.115 e. The molecule has 0 saturated heterocycles. The van der Waals surface area contributed by atoms with E-state index in [2.05, 4.69) is 0 Å². The molecule has 1 unspecified atom stereocenters. The largest absolute Gasteiger partial charge is 0.508 e. The zero-order valence-corrected chi connectivity index (χ0v) is 9.02. The maximum absolute atomic E-state index is 9.13. The van der Waals surface area contributed by atoms with Gasteiger partial charge in [-0.2, -0.15) is 0 Å². The van der Waals surface area contributed by atoms with Gasteiger partial charge >= 0.3 is 0 Å². The van der Waals surface area contributed by atoms with Crippen molar-refractivity contribution in [2.24, 2.45) is 0 Å². The van der Waals surface area contributed by atoms with Crippen LogP contribution in [0.3, 0.4) is 0 Å². The number of hydrogen-bond acceptors (Lipinski definition) is 3. The molecule has 1 atom stereocenters. The van der Waals surface area contributed by atoms with Crippen molar-refractivity contribution >= 4 is 0 Å². The highest BCUT2D eigenvalue weighted by molar-refractivity contribution is 5.26. The average Bonchev–Trinajstić information content (AvgIpc) is 2.22. The Kier molecular flexibility index (Phi) is 5.15. The van der Waals surface area contributed by atoms with E-state index >= 15 is 0 Å². The Hall–Kier alpha value is -1.06. The molecule has 84 valence electrons. The van der Waals surface area contributed by atoms with E-state index in [-0.39, 0.29) is 18.5 Å². The molecule has 0 saturated carbocycles. The monoisotopic (exact) mass is 210 g/mol. The van der Waals surface area contributed by atoms with Crippen molar-refractivity contribution in [3.63, 3.8) is 0 Å². The lowest BCUT2D eigenvalue weighted by Crippen LogP contribution is -2.17. The summed E-state index contributed by atoms with van der Waals surface area (Å²) in [6.07, 6.45) is 1.48. The second-order valence-corrected chi connectivity index (χ2v) is 3.46. The average molecular weight is 210 g/mol. The molecule has 0 aliphatic rings. The predicted octanol–water partition coefficient (Wildman–Crippen LogP) is 1.72. The van der Waals surface area contributed by atoms with Crippen LogP contribution in [0.15, 0.2) is 24.3 Å². The highest BCUT2D eigenvalue weighted by atomic mass is 16.5. The lowest BCUT2D eigenvalue weighted by Gasteiger charge is -2.15. The van der Waals surface area contributed by atoms with Crippen molar-refractivity contribution in [2.45, 2.75) is 25.9 Å². The maximum atomic E-state index is 9.13. The van der Waals surface area contributed by atoms with E-state index in [1.807, 2.05) is 19.1 Å². The van der Waals surface area contributed by atoms with Gasteiger partial charge in [-0.1, -0.05) is 12.1 Å². The topological polar surface area (TPSA) is 49.7 Å². The minimum absolute atomic E-state index is 0.0598. The summed E-state index contributed by atoms with van der Waals surface area (Å²) in [6, 6.07) is 7.08. The van der Waals surface area contributed by atoms with E-state index < -0.39 is 0 Å². The minimum atomic E-state index is 0.0598. The SMILES string of the molecule is CCOC(CCO)Cc1ccc(O)cc1. The molecule has 0 bridgehead atoms. The molecule has 1 rings (SSSR count). The number of aromatic hydroxyl groups is 1. The van der Waals surface area contributed by atoms with Crippen LogP contribution in [0.1, 0.15) is 18.9 Å². The molecule has 0 spiro atoms. The molecule has 15 heavy (non-hydrogen) atoms. The number of phenols is 1. The normalized spacial score (nSPS) is 12.7. The molecule has 3 heteroatoms. The third-order valence-electron chi connectivity index (χ3n) is 2.25. The molecule has 0 aliphatic heterocycles. The van der Waals surface area contributed by atoms with E-state index in [0.717, 1.165) is 12.0 Å². The van der Waals surface area contributed by atoms with Gasteiger partial charge < -0.3 is 14.9 Å². The van der Waals surface area contributed by atoms with Crippen LogP contribution in [0.4, 0.5) is 0 Å². The fourth-order valence-electron chi connectivity index (χ4n) is 1.52. The van der Waals surface area contributed by atoms with Crippen molar-refractivity contribution in [1.82, 2.24) is 0 Å². The summed E-state index contributed by atoms with van der Waals surface area (Å²) >= 11 is 0.